The van der Waals surface area contributed by atoms with Gasteiger partial charge in [-0.15, -0.1) is 0 Å². The van der Waals surface area contributed by atoms with E-state index in [2.05, 4.69) is 10.2 Å². The number of benzene rings is 2. The molecule has 2 aromatic rings. The first-order valence-electron chi connectivity index (χ1n) is 10.3. The number of carbonyl (C=O) groups excluding carboxylic acids is 1. The molecule has 2 aromatic carbocycles. The van der Waals surface area contributed by atoms with Crippen LogP contribution in [0.25, 0.3) is 0 Å². The molecule has 1 aliphatic heterocycles. The summed E-state index contributed by atoms with van der Waals surface area (Å²) < 4.78 is 27.3. The number of sulfonamides is 1. The van der Waals surface area contributed by atoms with Crippen molar-refractivity contribution >= 4 is 15.9 Å². The van der Waals surface area contributed by atoms with Gasteiger partial charge in [0.15, 0.2) is 0 Å². The van der Waals surface area contributed by atoms with E-state index in [4.69, 9.17) is 0 Å². The van der Waals surface area contributed by atoms with Crippen molar-refractivity contribution in [3.63, 3.8) is 0 Å². The highest BCUT2D eigenvalue weighted by atomic mass is 32.2. The van der Waals surface area contributed by atoms with E-state index in [-0.39, 0.29) is 17.9 Å². The lowest BCUT2D eigenvalue weighted by atomic mass is 9.96. The van der Waals surface area contributed by atoms with Crippen molar-refractivity contribution < 1.29 is 13.2 Å². The van der Waals surface area contributed by atoms with Gasteiger partial charge in [-0.2, -0.15) is 4.31 Å². The lowest BCUT2D eigenvalue weighted by molar-refractivity contribution is -0.127. The Hall–Kier alpha value is -2.22. The number of rotatable bonds is 7. The van der Waals surface area contributed by atoms with E-state index in [1.807, 2.05) is 63.5 Å². The lowest BCUT2D eigenvalue weighted by Crippen LogP contribution is -2.44. The Kier molecular flexibility index (Phi) is 7.28. The molecule has 0 spiro atoms. The van der Waals surface area contributed by atoms with Crippen LogP contribution in [0, 0.1) is 12.8 Å². The normalized spacial score (nSPS) is 17.1. The number of hydrogen-bond donors (Lipinski definition) is 1. The molecular formula is C23H31N3O3S. The zero-order valence-corrected chi connectivity index (χ0v) is 18.7. The van der Waals surface area contributed by atoms with Gasteiger partial charge in [0, 0.05) is 25.6 Å². The minimum Gasteiger partial charge on any atom is -0.348 e. The molecule has 1 aliphatic rings. The van der Waals surface area contributed by atoms with Crippen LogP contribution in [0.1, 0.15) is 30.0 Å². The molecule has 30 heavy (non-hydrogen) atoms. The molecule has 0 saturated carbocycles. The number of hydrogen-bond acceptors (Lipinski definition) is 4. The highest BCUT2D eigenvalue weighted by Crippen LogP contribution is 2.25. The van der Waals surface area contributed by atoms with Crippen molar-refractivity contribution in [3.05, 3.63) is 65.7 Å². The molecule has 1 saturated heterocycles. The summed E-state index contributed by atoms with van der Waals surface area (Å²) in [6.07, 6.45) is 1.06. The zero-order valence-electron chi connectivity index (χ0n) is 17.9. The van der Waals surface area contributed by atoms with E-state index in [0.717, 1.165) is 11.1 Å². The predicted octanol–water partition coefficient (Wildman–Crippen LogP) is 2.81. The Labute approximate surface area is 179 Å². The molecule has 3 rings (SSSR count). The van der Waals surface area contributed by atoms with Gasteiger partial charge in [-0.25, -0.2) is 8.42 Å². The maximum Gasteiger partial charge on any atom is 0.243 e. The molecule has 1 atom stereocenters. The van der Waals surface area contributed by atoms with Crippen molar-refractivity contribution in [2.45, 2.75) is 30.7 Å². The van der Waals surface area contributed by atoms with Gasteiger partial charge in [-0.1, -0.05) is 48.0 Å². The first-order chi connectivity index (χ1) is 14.3. The van der Waals surface area contributed by atoms with Gasteiger partial charge in [0.2, 0.25) is 15.9 Å². The number of nitrogens with zero attached hydrogens (tertiary/aromatic N) is 2. The minimum absolute atomic E-state index is 0.00177. The van der Waals surface area contributed by atoms with Crippen LogP contribution in [-0.4, -0.2) is 57.3 Å². The van der Waals surface area contributed by atoms with E-state index in [9.17, 15) is 13.2 Å². The molecule has 1 heterocycles. The van der Waals surface area contributed by atoms with Crippen LogP contribution >= 0.6 is 0 Å². The summed E-state index contributed by atoms with van der Waals surface area (Å²) in [6, 6.07) is 16.8. The summed E-state index contributed by atoms with van der Waals surface area (Å²) in [5, 5.41) is 3.18. The molecule has 1 N–H and O–H groups in total. The zero-order chi connectivity index (χ0) is 21.7. The maximum absolute atomic E-state index is 12.9. The molecule has 0 radical (unpaired) electrons. The van der Waals surface area contributed by atoms with Gasteiger partial charge in [0.1, 0.15) is 0 Å². The summed E-state index contributed by atoms with van der Waals surface area (Å²) in [4.78, 5) is 15.3. The van der Waals surface area contributed by atoms with E-state index >= 15 is 0 Å². The second kappa shape index (κ2) is 9.73. The van der Waals surface area contributed by atoms with Crippen molar-refractivity contribution in [3.8, 4) is 0 Å². The second-order valence-corrected chi connectivity index (χ2v) is 10.2. The van der Waals surface area contributed by atoms with Gasteiger partial charge in [0.25, 0.3) is 0 Å². The van der Waals surface area contributed by atoms with E-state index < -0.39 is 10.0 Å². The quantitative estimate of drug-likeness (QED) is 0.735. The monoisotopic (exact) mass is 429 g/mol. The number of likely N-dealkylation sites (N-methyl/N-ethyl adjacent to an activating group) is 1. The summed E-state index contributed by atoms with van der Waals surface area (Å²) in [5.41, 5.74) is 2.09. The number of amides is 1. The lowest BCUT2D eigenvalue weighted by Gasteiger charge is -2.32. The maximum atomic E-state index is 12.9. The van der Waals surface area contributed by atoms with Gasteiger partial charge in [-0.3, -0.25) is 4.79 Å². The van der Waals surface area contributed by atoms with Gasteiger partial charge in [0.05, 0.1) is 10.9 Å². The molecule has 1 amide bonds. The highest BCUT2D eigenvalue weighted by Gasteiger charge is 2.32. The van der Waals surface area contributed by atoms with Crippen LogP contribution in [0.15, 0.2) is 59.5 Å². The average molecular weight is 430 g/mol. The fourth-order valence-electron chi connectivity index (χ4n) is 3.79. The predicted molar refractivity (Wildman–Crippen MR) is 119 cm³/mol. The minimum atomic E-state index is -3.51. The Bertz CT molecular complexity index is 935. The number of piperidine rings is 1. The second-order valence-electron chi connectivity index (χ2n) is 8.23. The summed E-state index contributed by atoms with van der Waals surface area (Å²) in [7, 11) is 0.450. The number of carbonyl (C=O) groups is 1. The third kappa shape index (κ3) is 5.47. The molecule has 162 valence electrons. The van der Waals surface area contributed by atoms with Crippen molar-refractivity contribution in [1.29, 1.82) is 0 Å². The van der Waals surface area contributed by atoms with Gasteiger partial charge >= 0.3 is 0 Å². The van der Waals surface area contributed by atoms with Crippen LogP contribution in [0.3, 0.4) is 0 Å². The smallest absolute Gasteiger partial charge is 0.243 e. The van der Waals surface area contributed by atoms with E-state index in [0.29, 0.717) is 37.4 Å². The van der Waals surface area contributed by atoms with Crippen LogP contribution in [-0.2, 0) is 14.8 Å². The SMILES string of the molecule is Cc1ccc(S(=O)(=O)N2CCC(C(=O)N[C@H](CN(C)C)c3ccccc3)CC2)cc1. The average Bonchev–Trinajstić information content (AvgIpc) is 2.74. The van der Waals surface area contributed by atoms with E-state index in [1.54, 1.807) is 12.1 Å². The first-order valence-corrected chi connectivity index (χ1v) is 11.8. The van der Waals surface area contributed by atoms with Gasteiger partial charge < -0.3 is 10.2 Å². The molecule has 0 aromatic heterocycles. The molecule has 7 heteroatoms. The Morgan fingerprint density at radius 2 is 1.67 bits per heavy atom. The fraction of sp³-hybridized carbons (Fsp3) is 0.435. The number of nitrogens with one attached hydrogen (secondary N) is 1. The summed E-state index contributed by atoms with van der Waals surface area (Å²) >= 11 is 0. The molecule has 0 aliphatic carbocycles. The summed E-state index contributed by atoms with van der Waals surface area (Å²) in [6.45, 7) is 3.35. The van der Waals surface area contributed by atoms with Crippen molar-refractivity contribution in [2.75, 3.05) is 33.7 Å². The molecule has 1 fully saturated rings. The van der Waals surface area contributed by atoms with Crippen molar-refractivity contribution in [1.82, 2.24) is 14.5 Å². The summed E-state index contributed by atoms with van der Waals surface area (Å²) in [5.74, 6) is -0.180. The molecular weight excluding hydrogens is 398 g/mol. The molecule has 0 unspecified atom stereocenters. The third-order valence-corrected chi connectivity index (χ3v) is 7.46. The molecule has 6 nitrogen and oxygen atoms in total. The standard InChI is InChI=1S/C23H31N3O3S/c1-18-9-11-21(12-10-18)30(28,29)26-15-13-20(14-16-26)23(27)24-22(17-25(2)3)19-7-5-4-6-8-19/h4-12,20,22H,13-17H2,1-3H3,(H,24,27)/t22-/m1/s1. The highest BCUT2D eigenvalue weighted by molar-refractivity contribution is 7.89. The third-order valence-electron chi connectivity index (χ3n) is 5.55. The largest absolute Gasteiger partial charge is 0.348 e. The van der Waals surface area contributed by atoms with Crippen LogP contribution in [0.2, 0.25) is 0 Å². The molecule has 0 bridgehead atoms. The topological polar surface area (TPSA) is 69.7 Å². The van der Waals surface area contributed by atoms with Crippen molar-refractivity contribution in [2.24, 2.45) is 5.92 Å². The Balaban J connectivity index is 1.62. The van der Waals surface area contributed by atoms with E-state index in [1.165, 1.54) is 4.31 Å². The first kappa shape index (κ1) is 22.5. The van der Waals surface area contributed by atoms with Crippen LogP contribution < -0.4 is 5.32 Å². The van der Waals surface area contributed by atoms with Crippen LogP contribution in [0.4, 0.5) is 0 Å². The Morgan fingerprint density at radius 3 is 2.23 bits per heavy atom. The van der Waals surface area contributed by atoms with Gasteiger partial charge in [-0.05, 0) is 51.6 Å². The number of aryl methyl sites for hydroxylation is 1. The Morgan fingerprint density at radius 1 is 1.07 bits per heavy atom. The fourth-order valence-corrected chi connectivity index (χ4v) is 5.26. The van der Waals surface area contributed by atoms with Crippen LogP contribution in [0.5, 0.6) is 0 Å².